The van der Waals surface area contributed by atoms with Crippen molar-refractivity contribution in [1.29, 1.82) is 0 Å². The summed E-state index contributed by atoms with van der Waals surface area (Å²) in [6, 6.07) is 10.7. The molecule has 104 valence electrons. The molecule has 0 spiro atoms. The molecule has 2 bridgehead atoms. The van der Waals surface area contributed by atoms with Gasteiger partial charge in [-0.25, -0.2) is 0 Å². The SMILES string of the molecule is CCc1ccc(C(N)C2CC3CCC(C2)N3C)cc1. The first-order valence-corrected chi connectivity index (χ1v) is 7.75. The highest BCUT2D eigenvalue weighted by molar-refractivity contribution is 5.25. The van der Waals surface area contributed by atoms with Gasteiger partial charge in [0.15, 0.2) is 0 Å². The number of hydrogen-bond acceptors (Lipinski definition) is 2. The topological polar surface area (TPSA) is 29.3 Å². The highest BCUT2D eigenvalue weighted by Crippen LogP contribution is 2.41. The van der Waals surface area contributed by atoms with E-state index in [1.165, 1.54) is 36.8 Å². The molecule has 3 atom stereocenters. The van der Waals surface area contributed by atoms with E-state index < -0.39 is 0 Å². The van der Waals surface area contributed by atoms with Gasteiger partial charge in [-0.15, -0.1) is 0 Å². The van der Waals surface area contributed by atoms with Gasteiger partial charge in [-0.2, -0.15) is 0 Å². The summed E-state index contributed by atoms with van der Waals surface area (Å²) in [6.07, 6.45) is 6.42. The van der Waals surface area contributed by atoms with E-state index in [0.29, 0.717) is 5.92 Å². The van der Waals surface area contributed by atoms with E-state index in [4.69, 9.17) is 5.73 Å². The Hall–Kier alpha value is -0.860. The molecule has 2 nitrogen and oxygen atoms in total. The Balaban J connectivity index is 1.71. The maximum Gasteiger partial charge on any atom is 0.0324 e. The van der Waals surface area contributed by atoms with Crippen LogP contribution in [-0.4, -0.2) is 24.0 Å². The first kappa shape index (κ1) is 13.1. The average molecular weight is 258 g/mol. The summed E-state index contributed by atoms with van der Waals surface area (Å²) < 4.78 is 0. The Morgan fingerprint density at radius 1 is 1.16 bits per heavy atom. The highest BCUT2D eigenvalue weighted by Gasteiger charge is 2.40. The second-order valence-corrected chi connectivity index (χ2v) is 6.40. The van der Waals surface area contributed by atoms with Crippen molar-refractivity contribution in [3.8, 4) is 0 Å². The van der Waals surface area contributed by atoms with Gasteiger partial charge in [0.1, 0.15) is 0 Å². The number of benzene rings is 1. The molecule has 2 saturated heterocycles. The molecule has 2 heterocycles. The van der Waals surface area contributed by atoms with Gasteiger partial charge in [0.05, 0.1) is 0 Å². The van der Waals surface area contributed by atoms with Crippen molar-refractivity contribution in [2.75, 3.05) is 7.05 Å². The fourth-order valence-electron chi connectivity index (χ4n) is 3.99. The lowest BCUT2D eigenvalue weighted by atomic mass is 9.82. The Bertz CT molecular complexity index is 411. The Labute approximate surface area is 117 Å². The van der Waals surface area contributed by atoms with Crippen LogP contribution >= 0.6 is 0 Å². The van der Waals surface area contributed by atoms with E-state index in [-0.39, 0.29) is 6.04 Å². The van der Waals surface area contributed by atoms with Gasteiger partial charge in [-0.1, -0.05) is 31.2 Å². The zero-order chi connectivity index (χ0) is 13.4. The predicted octanol–water partition coefficient (Wildman–Crippen LogP) is 3.12. The van der Waals surface area contributed by atoms with Crippen molar-refractivity contribution in [3.63, 3.8) is 0 Å². The van der Waals surface area contributed by atoms with E-state index in [2.05, 4.69) is 43.1 Å². The van der Waals surface area contributed by atoms with Crippen molar-refractivity contribution in [3.05, 3.63) is 35.4 Å². The van der Waals surface area contributed by atoms with Crippen LogP contribution in [0.15, 0.2) is 24.3 Å². The second kappa shape index (κ2) is 5.26. The fraction of sp³-hybridized carbons (Fsp3) is 0.647. The maximum absolute atomic E-state index is 6.54. The van der Waals surface area contributed by atoms with Crippen LogP contribution in [0, 0.1) is 5.92 Å². The monoisotopic (exact) mass is 258 g/mol. The third-order valence-corrected chi connectivity index (χ3v) is 5.42. The lowest BCUT2D eigenvalue weighted by Gasteiger charge is -2.39. The van der Waals surface area contributed by atoms with E-state index in [9.17, 15) is 0 Å². The minimum atomic E-state index is 0.225. The molecule has 0 saturated carbocycles. The Morgan fingerprint density at radius 3 is 2.26 bits per heavy atom. The minimum Gasteiger partial charge on any atom is -0.324 e. The van der Waals surface area contributed by atoms with Crippen LogP contribution in [0.25, 0.3) is 0 Å². The summed E-state index contributed by atoms with van der Waals surface area (Å²) in [7, 11) is 2.29. The van der Waals surface area contributed by atoms with Gasteiger partial charge in [0.25, 0.3) is 0 Å². The summed E-state index contributed by atoms with van der Waals surface area (Å²) in [5.74, 6) is 0.668. The van der Waals surface area contributed by atoms with Crippen molar-refractivity contribution >= 4 is 0 Å². The molecular formula is C17H26N2. The average Bonchev–Trinajstić information content (AvgIpc) is 2.68. The standard InChI is InChI=1S/C17H26N2/c1-3-12-4-6-13(7-5-12)17(18)14-10-15-8-9-16(11-14)19(15)2/h4-7,14-17H,3,8-11,18H2,1-2H3. The van der Waals surface area contributed by atoms with E-state index in [1.807, 2.05) is 0 Å². The number of piperidine rings is 1. The van der Waals surface area contributed by atoms with E-state index >= 15 is 0 Å². The Morgan fingerprint density at radius 2 is 1.74 bits per heavy atom. The molecule has 2 N–H and O–H groups in total. The van der Waals surface area contributed by atoms with Crippen LogP contribution < -0.4 is 5.73 Å². The lowest BCUT2D eigenvalue weighted by molar-refractivity contribution is 0.121. The molecule has 0 amide bonds. The molecular weight excluding hydrogens is 232 g/mol. The predicted molar refractivity (Wildman–Crippen MR) is 80.0 cm³/mol. The molecule has 3 rings (SSSR count). The van der Waals surface area contributed by atoms with Crippen LogP contribution in [0.1, 0.15) is 49.8 Å². The van der Waals surface area contributed by atoms with E-state index in [1.54, 1.807) is 0 Å². The molecule has 0 aromatic heterocycles. The summed E-state index contributed by atoms with van der Waals surface area (Å²) in [6.45, 7) is 2.20. The van der Waals surface area contributed by atoms with Crippen LogP contribution in [0.2, 0.25) is 0 Å². The third-order valence-electron chi connectivity index (χ3n) is 5.42. The number of hydrogen-bond donors (Lipinski definition) is 1. The zero-order valence-corrected chi connectivity index (χ0v) is 12.2. The smallest absolute Gasteiger partial charge is 0.0324 e. The van der Waals surface area contributed by atoms with Gasteiger partial charge < -0.3 is 10.6 Å². The molecule has 19 heavy (non-hydrogen) atoms. The minimum absolute atomic E-state index is 0.225. The summed E-state index contributed by atoms with van der Waals surface area (Å²) >= 11 is 0. The van der Waals surface area contributed by atoms with E-state index in [0.717, 1.165) is 18.5 Å². The molecule has 1 aromatic rings. The van der Waals surface area contributed by atoms with Gasteiger partial charge in [-0.05, 0) is 56.2 Å². The van der Waals surface area contributed by atoms with Crippen LogP contribution in [0.5, 0.6) is 0 Å². The third kappa shape index (κ3) is 2.44. The molecule has 3 unspecified atom stereocenters. The molecule has 2 heteroatoms. The Kier molecular flexibility index (Phi) is 3.64. The molecule has 1 aromatic carbocycles. The van der Waals surface area contributed by atoms with Crippen molar-refractivity contribution in [2.45, 2.75) is 57.2 Å². The van der Waals surface area contributed by atoms with Gasteiger partial charge in [0.2, 0.25) is 0 Å². The molecule has 2 aliphatic rings. The summed E-state index contributed by atoms with van der Waals surface area (Å²) in [5.41, 5.74) is 9.27. The molecule has 2 fully saturated rings. The number of fused-ring (bicyclic) bond motifs is 2. The first-order chi connectivity index (χ1) is 9.19. The quantitative estimate of drug-likeness (QED) is 0.902. The number of nitrogens with two attached hydrogens (primary N) is 1. The van der Waals surface area contributed by atoms with Crippen molar-refractivity contribution < 1.29 is 0 Å². The fourth-order valence-corrected chi connectivity index (χ4v) is 3.99. The summed E-state index contributed by atoms with van der Waals surface area (Å²) in [4.78, 5) is 2.59. The molecule has 0 aliphatic carbocycles. The number of rotatable bonds is 3. The number of aryl methyl sites for hydroxylation is 1. The van der Waals surface area contributed by atoms with Crippen LogP contribution in [0.4, 0.5) is 0 Å². The maximum atomic E-state index is 6.54. The largest absolute Gasteiger partial charge is 0.324 e. The molecule has 0 radical (unpaired) electrons. The first-order valence-electron chi connectivity index (χ1n) is 7.75. The highest BCUT2D eigenvalue weighted by atomic mass is 15.2. The normalized spacial score (nSPS) is 32.5. The van der Waals surface area contributed by atoms with Crippen LogP contribution in [-0.2, 0) is 6.42 Å². The van der Waals surface area contributed by atoms with Crippen molar-refractivity contribution in [1.82, 2.24) is 4.90 Å². The molecule has 2 aliphatic heterocycles. The van der Waals surface area contributed by atoms with Gasteiger partial charge >= 0.3 is 0 Å². The van der Waals surface area contributed by atoms with Crippen molar-refractivity contribution in [2.24, 2.45) is 11.7 Å². The zero-order valence-electron chi connectivity index (χ0n) is 12.2. The second-order valence-electron chi connectivity index (χ2n) is 6.40. The van der Waals surface area contributed by atoms with Gasteiger partial charge in [0, 0.05) is 18.1 Å². The van der Waals surface area contributed by atoms with Gasteiger partial charge in [-0.3, -0.25) is 0 Å². The summed E-state index contributed by atoms with van der Waals surface area (Å²) in [5, 5.41) is 0. The lowest BCUT2D eigenvalue weighted by Crippen LogP contribution is -2.42. The van der Waals surface area contributed by atoms with Crippen LogP contribution in [0.3, 0.4) is 0 Å². The number of nitrogens with zero attached hydrogens (tertiary/aromatic N) is 1.